The van der Waals surface area contributed by atoms with Crippen LogP contribution in [0.3, 0.4) is 0 Å². The van der Waals surface area contributed by atoms with Gasteiger partial charge in [0.2, 0.25) is 0 Å². The van der Waals surface area contributed by atoms with E-state index >= 15 is 0 Å². The Morgan fingerprint density at radius 1 is 1.10 bits per heavy atom. The summed E-state index contributed by atoms with van der Waals surface area (Å²) in [4.78, 5) is 2.38. The van der Waals surface area contributed by atoms with Crippen molar-refractivity contribution in [3.8, 4) is 0 Å². The van der Waals surface area contributed by atoms with Crippen LogP contribution < -0.4 is 4.90 Å². The number of rotatable bonds is 5. The van der Waals surface area contributed by atoms with Gasteiger partial charge in [0.1, 0.15) is 11.5 Å². The average Bonchev–Trinajstić information content (AvgIpc) is 2.84. The van der Waals surface area contributed by atoms with Crippen molar-refractivity contribution in [2.45, 2.75) is 25.3 Å². The van der Waals surface area contributed by atoms with Gasteiger partial charge >= 0.3 is 0 Å². The summed E-state index contributed by atoms with van der Waals surface area (Å²) in [6.45, 7) is 4.20. The second-order valence-electron chi connectivity index (χ2n) is 4.77. The molecule has 0 bridgehead atoms. The Hall–Kier alpha value is -1.75. The zero-order chi connectivity index (χ0) is 14.8. The van der Waals surface area contributed by atoms with Gasteiger partial charge in [0.15, 0.2) is 9.84 Å². The summed E-state index contributed by atoms with van der Waals surface area (Å²) >= 11 is 0. The molecular formula is C15H19NO3S. The van der Waals surface area contributed by atoms with Gasteiger partial charge in [0.05, 0.1) is 17.2 Å². The number of nitrogens with zero attached hydrogens (tertiary/aromatic N) is 1. The second kappa shape index (κ2) is 5.71. The Balaban J connectivity index is 2.13. The molecule has 0 N–H and O–H groups in total. The molecule has 0 amide bonds. The maximum atomic E-state index is 11.7. The first-order chi connectivity index (χ1) is 9.42. The fraction of sp³-hybridized carbons (Fsp3) is 0.333. The highest BCUT2D eigenvalue weighted by Gasteiger charge is 2.12. The molecule has 5 heteroatoms. The summed E-state index contributed by atoms with van der Waals surface area (Å²) in [5, 5.41) is 0. The summed E-state index contributed by atoms with van der Waals surface area (Å²) in [5.41, 5.74) is 0.953. The number of furan rings is 1. The van der Waals surface area contributed by atoms with E-state index in [-0.39, 0.29) is 5.75 Å². The topological polar surface area (TPSA) is 50.5 Å². The van der Waals surface area contributed by atoms with Gasteiger partial charge in [-0.05, 0) is 43.3 Å². The monoisotopic (exact) mass is 293 g/mol. The molecule has 2 rings (SSSR count). The maximum absolute atomic E-state index is 11.7. The maximum Gasteiger partial charge on any atom is 0.178 e. The van der Waals surface area contributed by atoms with Crippen LogP contribution >= 0.6 is 0 Å². The van der Waals surface area contributed by atoms with Crippen LogP contribution in [-0.4, -0.2) is 21.2 Å². The lowest BCUT2D eigenvalue weighted by Crippen LogP contribution is -2.16. The molecule has 108 valence electrons. The van der Waals surface area contributed by atoms with Crippen LogP contribution in [-0.2, 0) is 16.4 Å². The van der Waals surface area contributed by atoms with Gasteiger partial charge in [-0.15, -0.1) is 0 Å². The third-order valence-electron chi connectivity index (χ3n) is 3.21. The van der Waals surface area contributed by atoms with E-state index in [0.29, 0.717) is 11.4 Å². The third kappa shape index (κ3) is 3.22. The molecule has 0 aliphatic rings. The number of hydrogen-bond acceptors (Lipinski definition) is 4. The smallest absolute Gasteiger partial charge is 0.178 e. The van der Waals surface area contributed by atoms with Crippen molar-refractivity contribution < 1.29 is 12.8 Å². The predicted octanol–water partition coefficient (Wildman–Crippen LogP) is 3.02. The Bertz CT molecular complexity index is 671. The van der Waals surface area contributed by atoms with Crippen LogP contribution in [0.4, 0.5) is 5.69 Å². The first kappa shape index (κ1) is 14.7. The molecule has 4 nitrogen and oxygen atoms in total. The minimum atomic E-state index is -3.13. The van der Waals surface area contributed by atoms with E-state index in [1.807, 2.05) is 43.1 Å². The largest absolute Gasteiger partial charge is 0.464 e. The van der Waals surface area contributed by atoms with Crippen molar-refractivity contribution in [1.29, 1.82) is 0 Å². The molecule has 0 saturated heterocycles. The van der Waals surface area contributed by atoms with Gasteiger partial charge in [-0.25, -0.2) is 8.42 Å². The van der Waals surface area contributed by atoms with E-state index in [4.69, 9.17) is 4.42 Å². The van der Waals surface area contributed by atoms with Crippen molar-refractivity contribution in [1.82, 2.24) is 0 Å². The van der Waals surface area contributed by atoms with Gasteiger partial charge < -0.3 is 9.32 Å². The highest BCUT2D eigenvalue weighted by molar-refractivity contribution is 7.91. The van der Waals surface area contributed by atoms with Gasteiger partial charge in [0, 0.05) is 12.7 Å². The molecule has 0 aliphatic carbocycles. The molecule has 0 unspecified atom stereocenters. The van der Waals surface area contributed by atoms with Crippen LogP contribution in [0, 0.1) is 6.92 Å². The standard InChI is InChI=1S/C15H19NO3S/c1-4-20(17,18)15-9-6-13(7-10-15)16(3)11-14-8-5-12(2)19-14/h5-10H,4,11H2,1-3H3. The Morgan fingerprint density at radius 3 is 2.25 bits per heavy atom. The average molecular weight is 293 g/mol. The molecule has 1 aromatic heterocycles. The van der Waals surface area contributed by atoms with Gasteiger partial charge in [-0.1, -0.05) is 6.92 Å². The summed E-state index contributed by atoms with van der Waals surface area (Å²) in [5.74, 6) is 1.89. The lowest BCUT2D eigenvalue weighted by atomic mass is 10.3. The van der Waals surface area contributed by atoms with Crippen LogP contribution in [0.1, 0.15) is 18.4 Å². The van der Waals surface area contributed by atoms with E-state index in [2.05, 4.69) is 0 Å². The molecule has 20 heavy (non-hydrogen) atoms. The molecule has 1 aromatic carbocycles. The Morgan fingerprint density at radius 2 is 1.75 bits per heavy atom. The molecule has 0 radical (unpaired) electrons. The van der Waals surface area contributed by atoms with Crippen LogP contribution in [0.5, 0.6) is 0 Å². The van der Waals surface area contributed by atoms with Crippen molar-refractivity contribution >= 4 is 15.5 Å². The number of hydrogen-bond donors (Lipinski definition) is 0. The molecule has 1 heterocycles. The number of anilines is 1. The lowest BCUT2D eigenvalue weighted by Gasteiger charge is -2.18. The Labute approximate surface area is 119 Å². The molecule has 0 aliphatic heterocycles. The summed E-state index contributed by atoms with van der Waals surface area (Å²) < 4.78 is 29.0. The number of sulfone groups is 1. The van der Waals surface area contributed by atoms with Crippen molar-refractivity contribution in [3.05, 3.63) is 47.9 Å². The van der Waals surface area contributed by atoms with E-state index in [0.717, 1.165) is 17.2 Å². The first-order valence-corrected chi connectivity index (χ1v) is 8.17. The van der Waals surface area contributed by atoms with Crippen molar-refractivity contribution in [3.63, 3.8) is 0 Å². The van der Waals surface area contributed by atoms with E-state index in [9.17, 15) is 8.42 Å². The molecule has 0 atom stereocenters. The molecule has 0 fully saturated rings. The summed E-state index contributed by atoms with van der Waals surface area (Å²) in [7, 11) is -1.19. The van der Waals surface area contributed by atoms with E-state index in [1.165, 1.54) is 0 Å². The second-order valence-corrected chi connectivity index (χ2v) is 7.04. The summed E-state index contributed by atoms with van der Waals surface area (Å²) in [6.07, 6.45) is 0. The van der Waals surface area contributed by atoms with E-state index < -0.39 is 9.84 Å². The highest BCUT2D eigenvalue weighted by atomic mass is 32.2. The van der Waals surface area contributed by atoms with Crippen molar-refractivity contribution in [2.75, 3.05) is 17.7 Å². The lowest BCUT2D eigenvalue weighted by molar-refractivity contribution is 0.482. The van der Waals surface area contributed by atoms with Gasteiger partial charge in [-0.3, -0.25) is 0 Å². The minimum absolute atomic E-state index is 0.119. The summed E-state index contributed by atoms with van der Waals surface area (Å²) in [6, 6.07) is 10.8. The highest BCUT2D eigenvalue weighted by Crippen LogP contribution is 2.20. The number of benzene rings is 1. The van der Waals surface area contributed by atoms with Crippen LogP contribution in [0.15, 0.2) is 45.7 Å². The Kier molecular flexibility index (Phi) is 4.18. The molecule has 0 saturated carbocycles. The first-order valence-electron chi connectivity index (χ1n) is 6.51. The van der Waals surface area contributed by atoms with Crippen LogP contribution in [0.2, 0.25) is 0 Å². The molecule has 2 aromatic rings. The third-order valence-corrected chi connectivity index (χ3v) is 4.96. The fourth-order valence-corrected chi connectivity index (χ4v) is 2.85. The van der Waals surface area contributed by atoms with Gasteiger partial charge in [0.25, 0.3) is 0 Å². The van der Waals surface area contributed by atoms with Crippen molar-refractivity contribution in [2.24, 2.45) is 0 Å². The fourth-order valence-electron chi connectivity index (χ4n) is 1.97. The molecule has 0 spiro atoms. The predicted molar refractivity (Wildman–Crippen MR) is 79.7 cm³/mol. The zero-order valence-electron chi connectivity index (χ0n) is 12.0. The quantitative estimate of drug-likeness (QED) is 0.850. The van der Waals surface area contributed by atoms with Crippen LogP contribution in [0.25, 0.3) is 0 Å². The number of aryl methyl sites for hydroxylation is 1. The van der Waals surface area contributed by atoms with Gasteiger partial charge in [-0.2, -0.15) is 0 Å². The van der Waals surface area contributed by atoms with E-state index in [1.54, 1.807) is 19.1 Å². The molecular weight excluding hydrogens is 274 g/mol. The SMILES string of the molecule is CCS(=O)(=O)c1ccc(N(C)Cc2ccc(C)o2)cc1. The zero-order valence-corrected chi connectivity index (χ0v) is 12.8. The minimum Gasteiger partial charge on any atom is -0.464 e. The normalized spacial score (nSPS) is 11.6.